The smallest absolute Gasteiger partial charge is 0.317 e. The van der Waals surface area contributed by atoms with Crippen LogP contribution in [0.5, 0.6) is 0 Å². The lowest BCUT2D eigenvalue weighted by Gasteiger charge is -2.22. The van der Waals surface area contributed by atoms with Gasteiger partial charge in [-0.1, -0.05) is 6.42 Å². The monoisotopic (exact) mass is 250 g/mol. The van der Waals surface area contributed by atoms with E-state index in [9.17, 15) is 18.4 Å². The number of rotatable bonds is 4. The molecule has 7 heteroatoms. The number of nitrogens with zero attached hydrogens (tertiary/aromatic N) is 1. The number of hydrogen-bond acceptors (Lipinski definition) is 2. The average Bonchev–Trinajstić information content (AvgIpc) is 2.64. The van der Waals surface area contributed by atoms with Gasteiger partial charge in [0.05, 0.1) is 12.5 Å². The second-order valence-corrected chi connectivity index (χ2v) is 4.20. The fourth-order valence-corrected chi connectivity index (χ4v) is 1.99. The molecule has 0 saturated heterocycles. The minimum Gasteiger partial charge on any atom is -0.481 e. The molecule has 0 bridgehead atoms. The van der Waals surface area contributed by atoms with Gasteiger partial charge in [-0.25, -0.2) is 13.6 Å². The highest BCUT2D eigenvalue weighted by atomic mass is 19.3. The standard InChI is InChI=1S/C10H16F2N2O3/c1-14(5-8(11)12)10(17)13-7-4-2-3-6(7)9(15)16/h6-8H,2-5H2,1H3,(H,13,17)(H,15,16). The molecule has 2 unspecified atom stereocenters. The van der Waals surface area contributed by atoms with Crippen molar-refractivity contribution in [1.29, 1.82) is 0 Å². The number of amides is 2. The van der Waals surface area contributed by atoms with E-state index in [1.54, 1.807) is 0 Å². The Morgan fingerprint density at radius 3 is 2.65 bits per heavy atom. The third-order valence-electron chi connectivity index (χ3n) is 2.90. The molecule has 1 saturated carbocycles. The maximum absolute atomic E-state index is 12.0. The second kappa shape index (κ2) is 5.79. The number of carboxylic acids is 1. The van der Waals surface area contributed by atoms with E-state index < -0.39 is 36.9 Å². The van der Waals surface area contributed by atoms with Crippen LogP contribution in [0.15, 0.2) is 0 Å². The predicted molar refractivity (Wildman–Crippen MR) is 55.9 cm³/mol. The van der Waals surface area contributed by atoms with E-state index in [-0.39, 0.29) is 0 Å². The number of carboxylic acid groups (broad SMARTS) is 1. The van der Waals surface area contributed by atoms with Crippen molar-refractivity contribution >= 4 is 12.0 Å². The van der Waals surface area contributed by atoms with E-state index in [0.717, 1.165) is 11.3 Å². The highest BCUT2D eigenvalue weighted by Crippen LogP contribution is 2.25. The normalized spacial score (nSPS) is 23.8. The van der Waals surface area contributed by atoms with E-state index in [4.69, 9.17) is 5.11 Å². The van der Waals surface area contributed by atoms with Crippen LogP contribution >= 0.6 is 0 Å². The molecule has 1 rings (SSSR count). The molecule has 0 aromatic heterocycles. The molecule has 0 aromatic rings. The van der Waals surface area contributed by atoms with Gasteiger partial charge in [0.25, 0.3) is 6.43 Å². The second-order valence-electron chi connectivity index (χ2n) is 4.20. The number of carbonyl (C=O) groups is 2. The lowest BCUT2D eigenvalue weighted by Crippen LogP contribution is -2.47. The number of alkyl halides is 2. The highest BCUT2D eigenvalue weighted by molar-refractivity contribution is 5.77. The van der Waals surface area contributed by atoms with Crippen molar-refractivity contribution in [3.63, 3.8) is 0 Å². The van der Waals surface area contributed by atoms with Gasteiger partial charge in [-0.3, -0.25) is 4.79 Å². The Kier molecular flexibility index (Phi) is 4.65. The van der Waals surface area contributed by atoms with Gasteiger partial charge in [-0.2, -0.15) is 0 Å². The fraction of sp³-hybridized carbons (Fsp3) is 0.800. The first-order valence-corrected chi connectivity index (χ1v) is 5.44. The Morgan fingerprint density at radius 1 is 1.47 bits per heavy atom. The molecule has 0 heterocycles. The van der Waals surface area contributed by atoms with E-state index in [0.29, 0.717) is 12.8 Å². The number of hydrogen-bond donors (Lipinski definition) is 2. The molecule has 0 radical (unpaired) electrons. The number of nitrogens with one attached hydrogen (secondary N) is 1. The number of aliphatic carboxylic acids is 1. The summed E-state index contributed by atoms with van der Waals surface area (Å²) in [5, 5.41) is 11.4. The first-order valence-electron chi connectivity index (χ1n) is 5.44. The van der Waals surface area contributed by atoms with Crippen LogP contribution in [0.25, 0.3) is 0 Å². The van der Waals surface area contributed by atoms with Crippen molar-refractivity contribution in [2.75, 3.05) is 13.6 Å². The summed E-state index contributed by atoms with van der Waals surface area (Å²) in [6.45, 7) is -0.656. The Morgan fingerprint density at radius 2 is 2.12 bits per heavy atom. The van der Waals surface area contributed by atoms with E-state index in [1.165, 1.54) is 7.05 Å². The molecule has 0 aliphatic heterocycles. The van der Waals surface area contributed by atoms with Crippen LogP contribution in [0.1, 0.15) is 19.3 Å². The highest BCUT2D eigenvalue weighted by Gasteiger charge is 2.34. The summed E-state index contributed by atoms with van der Waals surface area (Å²) in [7, 11) is 1.26. The number of urea groups is 1. The molecule has 0 aromatic carbocycles. The average molecular weight is 250 g/mol. The molecule has 2 N–H and O–H groups in total. The molecule has 98 valence electrons. The molecule has 2 atom stereocenters. The quantitative estimate of drug-likeness (QED) is 0.786. The third-order valence-corrected chi connectivity index (χ3v) is 2.90. The van der Waals surface area contributed by atoms with Crippen LogP contribution in [-0.2, 0) is 4.79 Å². The fourth-order valence-electron chi connectivity index (χ4n) is 1.99. The molecule has 17 heavy (non-hydrogen) atoms. The first kappa shape index (κ1) is 13.7. The van der Waals surface area contributed by atoms with Gasteiger partial charge < -0.3 is 15.3 Å². The molecular weight excluding hydrogens is 234 g/mol. The van der Waals surface area contributed by atoms with Crippen LogP contribution < -0.4 is 5.32 Å². The van der Waals surface area contributed by atoms with E-state index in [1.807, 2.05) is 0 Å². The maximum atomic E-state index is 12.0. The zero-order valence-corrected chi connectivity index (χ0v) is 9.53. The molecule has 0 spiro atoms. The van der Waals surface area contributed by atoms with Crippen LogP contribution in [0, 0.1) is 5.92 Å². The van der Waals surface area contributed by atoms with E-state index >= 15 is 0 Å². The SMILES string of the molecule is CN(CC(F)F)C(=O)NC1CCCC1C(=O)O. The van der Waals surface area contributed by atoms with Gasteiger partial charge in [-0.15, -0.1) is 0 Å². The Hall–Kier alpha value is -1.40. The number of halogens is 2. The Balaban J connectivity index is 2.47. The summed E-state index contributed by atoms with van der Waals surface area (Å²) >= 11 is 0. The van der Waals surface area contributed by atoms with Crippen molar-refractivity contribution in [3.8, 4) is 0 Å². The lowest BCUT2D eigenvalue weighted by molar-refractivity contribution is -0.142. The summed E-state index contributed by atoms with van der Waals surface area (Å²) < 4.78 is 24.1. The minimum atomic E-state index is -2.59. The van der Waals surface area contributed by atoms with Gasteiger partial charge >= 0.3 is 12.0 Å². The van der Waals surface area contributed by atoms with Gasteiger partial charge in [0.1, 0.15) is 0 Å². The van der Waals surface area contributed by atoms with Gasteiger partial charge in [0.2, 0.25) is 0 Å². The Labute approximate surface area is 97.8 Å². The van der Waals surface area contributed by atoms with Crippen molar-refractivity contribution < 1.29 is 23.5 Å². The molecule has 1 aliphatic rings. The van der Waals surface area contributed by atoms with E-state index in [2.05, 4.69) is 5.32 Å². The van der Waals surface area contributed by atoms with Crippen LogP contribution in [-0.4, -0.2) is 48.1 Å². The molecule has 1 aliphatic carbocycles. The summed E-state index contributed by atoms with van der Waals surface area (Å²) in [5.41, 5.74) is 0. The van der Waals surface area contributed by atoms with Gasteiger partial charge in [0.15, 0.2) is 0 Å². The largest absolute Gasteiger partial charge is 0.481 e. The van der Waals surface area contributed by atoms with Crippen LogP contribution in [0.3, 0.4) is 0 Å². The predicted octanol–water partition coefficient (Wildman–Crippen LogP) is 1.15. The lowest BCUT2D eigenvalue weighted by atomic mass is 10.0. The van der Waals surface area contributed by atoms with Gasteiger partial charge in [-0.05, 0) is 12.8 Å². The van der Waals surface area contributed by atoms with Crippen molar-refractivity contribution in [2.45, 2.75) is 31.7 Å². The Bertz CT molecular complexity index is 299. The van der Waals surface area contributed by atoms with Crippen LogP contribution in [0.4, 0.5) is 13.6 Å². The van der Waals surface area contributed by atoms with Crippen molar-refractivity contribution in [1.82, 2.24) is 10.2 Å². The minimum absolute atomic E-state index is 0.458. The summed E-state index contributed by atoms with van der Waals surface area (Å²) in [6, 6.07) is -1.11. The summed E-state index contributed by atoms with van der Waals surface area (Å²) in [6.07, 6.45) is -0.783. The molecule has 5 nitrogen and oxygen atoms in total. The zero-order valence-electron chi connectivity index (χ0n) is 9.53. The molecule has 2 amide bonds. The topological polar surface area (TPSA) is 69.6 Å². The number of carbonyl (C=O) groups excluding carboxylic acids is 1. The summed E-state index contributed by atoms with van der Waals surface area (Å²) in [4.78, 5) is 23.2. The van der Waals surface area contributed by atoms with Gasteiger partial charge in [0, 0.05) is 13.1 Å². The molecule has 1 fully saturated rings. The van der Waals surface area contributed by atoms with Crippen molar-refractivity contribution in [3.05, 3.63) is 0 Å². The zero-order chi connectivity index (χ0) is 13.0. The maximum Gasteiger partial charge on any atom is 0.317 e. The first-order chi connectivity index (χ1) is 7.91. The van der Waals surface area contributed by atoms with Crippen LogP contribution in [0.2, 0.25) is 0 Å². The van der Waals surface area contributed by atoms with Crippen molar-refractivity contribution in [2.24, 2.45) is 5.92 Å². The third kappa shape index (κ3) is 3.83. The summed E-state index contributed by atoms with van der Waals surface area (Å²) in [5.74, 6) is -1.57. The molecular formula is C10H16F2N2O3.